The molecule has 0 heterocycles. The van der Waals surface area contributed by atoms with E-state index in [0.29, 0.717) is 11.8 Å². The summed E-state index contributed by atoms with van der Waals surface area (Å²) >= 11 is 0. The van der Waals surface area contributed by atoms with E-state index in [1.54, 1.807) is 0 Å². The van der Waals surface area contributed by atoms with Crippen LogP contribution in [-0.2, 0) is 0 Å². The third kappa shape index (κ3) is 3.35. The lowest BCUT2D eigenvalue weighted by Gasteiger charge is -2.16. The molecule has 3 heteroatoms. The number of rotatable bonds is 4. The molecule has 0 saturated carbocycles. The Balaban J connectivity index is 2.54. The summed E-state index contributed by atoms with van der Waals surface area (Å²) < 4.78 is 13.8. The van der Waals surface area contributed by atoms with Crippen LogP contribution in [0.15, 0.2) is 41.4 Å². The fourth-order valence-corrected chi connectivity index (χ4v) is 2.44. The number of hydrogen-bond acceptors (Lipinski definition) is 2. The van der Waals surface area contributed by atoms with E-state index in [4.69, 9.17) is 0 Å². The van der Waals surface area contributed by atoms with Crippen molar-refractivity contribution in [3.8, 4) is 5.75 Å². The Kier molecular flexibility index (Phi) is 4.96. The zero-order valence-electron chi connectivity index (χ0n) is 13.5. The molecule has 2 aromatic rings. The second kappa shape index (κ2) is 6.73. The number of aromatic hydroxyl groups is 1. The molecule has 116 valence electrons. The molecular weight excluding hydrogens is 277 g/mol. The van der Waals surface area contributed by atoms with Crippen molar-refractivity contribution < 1.29 is 9.50 Å². The van der Waals surface area contributed by atoms with E-state index in [-0.39, 0.29) is 11.3 Å². The smallest absolute Gasteiger partial charge is 0.135 e. The quantitative estimate of drug-likeness (QED) is 0.740. The predicted octanol–water partition coefficient (Wildman–Crippen LogP) is 5.53. The molecule has 22 heavy (non-hydrogen) atoms. The molecule has 0 aliphatic rings. The van der Waals surface area contributed by atoms with Gasteiger partial charge in [-0.05, 0) is 35.1 Å². The first kappa shape index (κ1) is 16.2. The van der Waals surface area contributed by atoms with E-state index < -0.39 is 5.82 Å². The van der Waals surface area contributed by atoms with Crippen LogP contribution in [0.4, 0.5) is 10.1 Å². The van der Waals surface area contributed by atoms with Gasteiger partial charge < -0.3 is 5.11 Å². The standard InChI is InChI=1S/C19H22FNO/c1-12(2)14-7-5-8-15(13(3)4)19(14)21-11-16-17(20)9-6-10-18(16)22/h5-13,22H,1-4H3/b21-11+. The van der Waals surface area contributed by atoms with Crippen molar-refractivity contribution in [3.05, 3.63) is 58.9 Å². The second-order valence-electron chi connectivity index (χ2n) is 6.03. The Morgan fingerprint density at radius 1 is 0.955 bits per heavy atom. The molecule has 0 amide bonds. The van der Waals surface area contributed by atoms with Crippen LogP contribution in [0.25, 0.3) is 0 Å². The molecule has 0 fully saturated rings. The van der Waals surface area contributed by atoms with Crippen LogP contribution in [-0.4, -0.2) is 11.3 Å². The molecule has 0 spiro atoms. The largest absolute Gasteiger partial charge is 0.507 e. The molecule has 0 bridgehead atoms. The summed E-state index contributed by atoms with van der Waals surface area (Å²) in [5.41, 5.74) is 3.24. The minimum atomic E-state index is -0.475. The first-order chi connectivity index (χ1) is 10.4. The second-order valence-corrected chi connectivity index (χ2v) is 6.03. The summed E-state index contributed by atoms with van der Waals surface area (Å²) in [6.45, 7) is 8.44. The maximum atomic E-state index is 13.8. The van der Waals surface area contributed by atoms with E-state index in [0.717, 1.165) is 16.8 Å². The van der Waals surface area contributed by atoms with Crippen molar-refractivity contribution in [3.63, 3.8) is 0 Å². The van der Waals surface area contributed by atoms with Gasteiger partial charge in [-0.25, -0.2) is 4.39 Å². The van der Waals surface area contributed by atoms with Crippen LogP contribution in [0.3, 0.4) is 0 Å². The number of benzene rings is 2. The van der Waals surface area contributed by atoms with Crippen LogP contribution in [0.2, 0.25) is 0 Å². The minimum absolute atomic E-state index is 0.100. The summed E-state index contributed by atoms with van der Waals surface area (Å²) in [4.78, 5) is 4.52. The van der Waals surface area contributed by atoms with Crippen molar-refractivity contribution in [2.45, 2.75) is 39.5 Å². The molecule has 0 aromatic heterocycles. The van der Waals surface area contributed by atoms with E-state index >= 15 is 0 Å². The highest BCUT2D eigenvalue weighted by molar-refractivity contribution is 5.86. The normalized spacial score (nSPS) is 11.8. The molecular formula is C19H22FNO. The summed E-state index contributed by atoms with van der Waals surface area (Å²) in [7, 11) is 0. The topological polar surface area (TPSA) is 32.6 Å². The number of aliphatic imine (C=N–C) groups is 1. The SMILES string of the molecule is CC(C)c1cccc(C(C)C)c1/N=C/c1c(O)cccc1F. The van der Waals surface area contributed by atoms with Gasteiger partial charge in [0.15, 0.2) is 0 Å². The fraction of sp³-hybridized carbons (Fsp3) is 0.316. The number of phenolic OH excluding ortho intramolecular Hbond substituents is 1. The highest BCUT2D eigenvalue weighted by Crippen LogP contribution is 2.34. The van der Waals surface area contributed by atoms with Gasteiger partial charge in [0.25, 0.3) is 0 Å². The Bertz CT molecular complexity index is 643. The Morgan fingerprint density at radius 3 is 2.00 bits per heavy atom. The van der Waals surface area contributed by atoms with Gasteiger partial charge in [0.05, 0.1) is 11.3 Å². The lowest BCUT2D eigenvalue weighted by molar-refractivity contribution is 0.468. The molecule has 0 radical (unpaired) electrons. The molecule has 0 unspecified atom stereocenters. The van der Waals surface area contributed by atoms with Gasteiger partial charge in [-0.1, -0.05) is 52.0 Å². The van der Waals surface area contributed by atoms with Crippen LogP contribution < -0.4 is 0 Å². The van der Waals surface area contributed by atoms with Gasteiger partial charge in [0.1, 0.15) is 11.6 Å². The van der Waals surface area contributed by atoms with Crippen molar-refractivity contribution in [1.82, 2.24) is 0 Å². The minimum Gasteiger partial charge on any atom is -0.507 e. The Labute approximate surface area is 131 Å². The van der Waals surface area contributed by atoms with Crippen molar-refractivity contribution >= 4 is 11.9 Å². The zero-order chi connectivity index (χ0) is 16.3. The molecule has 0 aliphatic carbocycles. The fourth-order valence-electron chi connectivity index (χ4n) is 2.44. The van der Waals surface area contributed by atoms with Crippen LogP contribution in [0, 0.1) is 5.82 Å². The van der Waals surface area contributed by atoms with E-state index in [2.05, 4.69) is 32.7 Å². The molecule has 0 saturated heterocycles. The third-order valence-electron chi connectivity index (χ3n) is 3.70. The van der Waals surface area contributed by atoms with Gasteiger partial charge in [0, 0.05) is 6.21 Å². The van der Waals surface area contributed by atoms with Crippen molar-refractivity contribution in [2.24, 2.45) is 4.99 Å². The van der Waals surface area contributed by atoms with E-state index in [9.17, 15) is 9.50 Å². The molecule has 0 atom stereocenters. The molecule has 2 nitrogen and oxygen atoms in total. The molecule has 0 aliphatic heterocycles. The Morgan fingerprint density at radius 2 is 1.50 bits per heavy atom. The summed E-state index contributed by atoms with van der Waals surface area (Å²) in [5.74, 6) is 0.0638. The highest BCUT2D eigenvalue weighted by Gasteiger charge is 2.13. The molecule has 2 rings (SSSR count). The van der Waals surface area contributed by atoms with Gasteiger partial charge in [-0.15, -0.1) is 0 Å². The average molecular weight is 299 g/mol. The lowest BCUT2D eigenvalue weighted by Crippen LogP contribution is -1.96. The summed E-state index contributed by atoms with van der Waals surface area (Å²) in [6, 6.07) is 10.4. The number of hydrogen-bond donors (Lipinski definition) is 1. The van der Waals surface area contributed by atoms with E-state index in [1.807, 2.05) is 18.2 Å². The van der Waals surface area contributed by atoms with Gasteiger partial charge in [0.2, 0.25) is 0 Å². The van der Waals surface area contributed by atoms with Gasteiger partial charge in [-0.3, -0.25) is 4.99 Å². The van der Waals surface area contributed by atoms with Gasteiger partial charge in [-0.2, -0.15) is 0 Å². The first-order valence-electron chi connectivity index (χ1n) is 7.56. The third-order valence-corrected chi connectivity index (χ3v) is 3.70. The first-order valence-corrected chi connectivity index (χ1v) is 7.56. The molecule has 2 aromatic carbocycles. The predicted molar refractivity (Wildman–Crippen MR) is 89.9 cm³/mol. The van der Waals surface area contributed by atoms with Crippen LogP contribution >= 0.6 is 0 Å². The highest BCUT2D eigenvalue weighted by atomic mass is 19.1. The monoisotopic (exact) mass is 299 g/mol. The number of nitrogens with zero attached hydrogens (tertiary/aromatic N) is 1. The average Bonchev–Trinajstić information content (AvgIpc) is 2.46. The van der Waals surface area contributed by atoms with Crippen LogP contribution in [0.5, 0.6) is 5.75 Å². The van der Waals surface area contributed by atoms with E-state index in [1.165, 1.54) is 24.4 Å². The van der Waals surface area contributed by atoms with Crippen LogP contribution in [0.1, 0.15) is 56.2 Å². The Hall–Kier alpha value is -2.16. The number of halogens is 1. The van der Waals surface area contributed by atoms with Crippen molar-refractivity contribution in [2.75, 3.05) is 0 Å². The molecule has 1 N–H and O–H groups in total. The number of para-hydroxylation sites is 1. The lowest BCUT2D eigenvalue weighted by atomic mass is 9.93. The maximum absolute atomic E-state index is 13.8. The van der Waals surface area contributed by atoms with Gasteiger partial charge >= 0.3 is 0 Å². The summed E-state index contributed by atoms with van der Waals surface area (Å²) in [6.07, 6.45) is 1.41. The number of phenols is 1. The maximum Gasteiger partial charge on any atom is 0.135 e. The zero-order valence-corrected chi connectivity index (χ0v) is 13.5. The van der Waals surface area contributed by atoms with Crippen molar-refractivity contribution in [1.29, 1.82) is 0 Å². The summed E-state index contributed by atoms with van der Waals surface area (Å²) in [5, 5.41) is 9.80.